The van der Waals surface area contributed by atoms with Crippen molar-refractivity contribution in [2.45, 2.75) is 17.9 Å². The molecule has 0 radical (unpaired) electrons. The molecule has 0 saturated carbocycles. The van der Waals surface area contributed by atoms with Crippen molar-refractivity contribution in [1.82, 2.24) is 5.32 Å². The van der Waals surface area contributed by atoms with E-state index in [2.05, 4.69) is 5.32 Å². The SMILES string of the molecule is COc1ccc(S(=O)(=O)N(C)c2ccc(C(=O)NC(C)c3ccccc3OC)cc2)cc1. The summed E-state index contributed by atoms with van der Waals surface area (Å²) >= 11 is 0. The number of carbonyl (C=O) groups excluding carboxylic acids is 1. The minimum Gasteiger partial charge on any atom is -0.497 e. The molecule has 1 amide bonds. The topological polar surface area (TPSA) is 84.9 Å². The van der Waals surface area contributed by atoms with Crippen LogP contribution in [0.15, 0.2) is 77.7 Å². The second-order valence-electron chi connectivity index (χ2n) is 7.13. The molecular formula is C24H26N2O5S. The van der Waals surface area contributed by atoms with Gasteiger partial charge in [0.15, 0.2) is 0 Å². The number of anilines is 1. The number of rotatable bonds is 8. The Hall–Kier alpha value is -3.52. The summed E-state index contributed by atoms with van der Waals surface area (Å²) < 4.78 is 37.4. The van der Waals surface area contributed by atoms with E-state index in [0.29, 0.717) is 22.7 Å². The maximum atomic E-state index is 12.9. The molecule has 7 nitrogen and oxygen atoms in total. The smallest absolute Gasteiger partial charge is 0.264 e. The predicted octanol–water partition coefficient (Wildman–Crippen LogP) is 4.02. The van der Waals surface area contributed by atoms with Crippen molar-refractivity contribution in [2.75, 3.05) is 25.6 Å². The fraction of sp³-hybridized carbons (Fsp3) is 0.208. The molecule has 0 aromatic heterocycles. The Morgan fingerprint density at radius 2 is 1.53 bits per heavy atom. The van der Waals surface area contributed by atoms with Crippen LogP contribution < -0.4 is 19.1 Å². The standard InChI is InChI=1S/C24H26N2O5S/c1-17(22-7-5-6-8-23(22)31-4)25-24(27)18-9-11-19(12-10-18)26(2)32(28,29)21-15-13-20(30-3)14-16-21/h5-17H,1-4H3,(H,25,27). The molecule has 3 rings (SSSR count). The van der Waals surface area contributed by atoms with Crippen LogP contribution in [0.2, 0.25) is 0 Å². The van der Waals surface area contributed by atoms with Crippen molar-refractivity contribution in [3.05, 3.63) is 83.9 Å². The van der Waals surface area contributed by atoms with Gasteiger partial charge in [0.05, 0.1) is 30.8 Å². The Labute approximate surface area is 188 Å². The van der Waals surface area contributed by atoms with Crippen LogP contribution in [0, 0.1) is 0 Å². The second kappa shape index (κ2) is 9.74. The van der Waals surface area contributed by atoms with Crippen molar-refractivity contribution in [2.24, 2.45) is 0 Å². The number of sulfonamides is 1. The molecule has 0 heterocycles. The van der Waals surface area contributed by atoms with Gasteiger partial charge in [0.25, 0.3) is 15.9 Å². The number of carbonyl (C=O) groups is 1. The molecule has 32 heavy (non-hydrogen) atoms. The van der Waals surface area contributed by atoms with E-state index in [4.69, 9.17) is 9.47 Å². The highest BCUT2D eigenvalue weighted by Gasteiger charge is 2.22. The molecule has 3 aromatic carbocycles. The van der Waals surface area contributed by atoms with Gasteiger partial charge in [0.2, 0.25) is 0 Å². The summed E-state index contributed by atoms with van der Waals surface area (Å²) in [6.45, 7) is 1.87. The van der Waals surface area contributed by atoms with Gasteiger partial charge >= 0.3 is 0 Å². The maximum Gasteiger partial charge on any atom is 0.264 e. The van der Waals surface area contributed by atoms with E-state index in [1.54, 1.807) is 43.5 Å². The van der Waals surface area contributed by atoms with Gasteiger partial charge in [0.1, 0.15) is 11.5 Å². The van der Waals surface area contributed by atoms with Gasteiger partial charge in [-0.15, -0.1) is 0 Å². The van der Waals surface area contributed by atoms with Gasteiger partial charge in [-0.05, 0) is 61.5 Å². The third-order valence-corrected chi connectivity index (χ3v) is 6.96. The average Bonchev–Trinajstić information content (AvgIpc) is 2.83. The fourth-order valence-corrected chi connectivity index (χ4v) is 4.44. The first kappa shape index (κ1) is 23.1. The molecule has 1 unspecified atom stereocenters. The van der Waals surface area contributed by atoms with E-state index >= 15 is 0 Å². The summed E-state index contributed by atoms with van der Waals surface area (Å²) in [5.41, 5.74) is 1.73. The van der Waals surface area contributed by atoms with Gasteiger partial charge in [0, 0.05) is 18.2 Å². The zero-order valence-electron chi connectivity index (χ0n) is 18.4. The van der Waals surface area contributed by atoms with Gasteiger partial charge in [-0.2, -0.15) is 0 Å². The van der Waals surface area contributed by atoms with E-state index in [0.717, 1.165) is 5.56 Å². The number of nitrogens with zero attached hydrogens (tertiary/aromatic N) is 1. The Bertz CT molecular complexity index is 1180. The van der Waals surface area contributed by atoms with Crippen LogP contribution in [-0.2, 0) is 10.0 Å². The molecule has 0 aliphatic carbocycles. The van der Waals surface area contributed by atoms with Crippen LogP contribution in [0.3, 0.4) is 0 Å². The van der Waals surface area contributed by atoms with Crippen LogP contribution in [-0.4, -0.2) is 35.6 Å². The number of hydrogen-bond donors (Lipinski definition) is 1. The van der Waals surface area contributed by atoms with Gasteiger partial charge < -0.3 is 14.8 Å². The van der Waals surface area contributed by atoms with E-state index in [1.165, 1.54) is 30.6 Å². The van der Waals surface area contributed by atoms with Crippen molar-refractivity contribution < 1.29 is 22.7 Å². The summed E-state index contributed by atoms with van der Waals surface area (Å²) in [5.74, 6) is 1.00. The highest BCUT2D eigenvalue weighted by Crippen LogP contribution is 2.26. The molecular weight excluding hydrogens is 428 g/mol. The summed E-state index contributed by atoms with van der Waals surface area (Å²) in [6.07, 6.45) is 0. The molecule has 8 heteroatoms. The number of amides is 1. The quantitative estimate of drug-likeness (QED) is 0.556. The molecule has 0 aliphatic heterocycles. The lowest BCUT2D eigenvalue weighted by molar-refractivity contribution is 0.0939. The summed E-state index contributed by atoms with van der Waals surface area (Å²) in [7, 11) is 0.825. The third-order valence-electron chi connectivity index (χ3n) is 5.16. The van der Waals surface area contributed by atoms with E-state index in [1.807, 2.05) is 31.2 Å². The molecule has 168 valence electrons. The van der Waals surface area contributed by atoms with Crippen LogP contribution in [0.25, 0.3) is 0 Å². The Morgan fingerprint density at radius 1 is 0.906 bits per heavy atom. The van der Waals surface area contributed by atoms with Crippen molar-refractivity contribution in [3.8, 4) is 11.5 Å². The van der Waals surface area contributed by atoms with Crippen LogP contribution in [0.5, 0.6) is 11.5 Å². The van der Waals surface area contributed by atoms with E-state index in [9.17, 15) is 13.2 Å². The number of benzene rings is 3. The first-order valence-corrected chi connectivity index (χ1v) is 11.4. The largest absolute Gasteiger partial charge is 0.497 e. The van der Waals surface area contributed by atoms with Crippen molar-refractivity contribution in [3.63, 3.8) is 0 Å². The number of methoxy groups -OCH3 is 2. The lowest BCUT2D eigenvalue weighted by atomic mass is 10.1. The van der Waals surface area contributed by atoms with E-state index < -0.39 is 10.0 Å². The zero-order chi connectivity index (χ0) is 23.3. The zero-order valence-corrected chi connectivity index (χ0v) is 19.2. The highest BCUT2D eigenvalue weighted by molar-refractivity contribution is 7.92. The molecule has 0 saturated heterocycles. The molecule has 1 N–H and O–H groups in total. The minimum absolute atomic E-state index is 0.147. The van der Waals surface area contributed by atoms with E-state index in [-0.39, 0.29) is 16.8 Å². The highest BCUT2D eigenvalue weighted by atomic mass is 32.2. The normalized spacial score (nSPS) is 12.0. The van der Waals surface area contributed by atoms with Crippen molar-refractivity contribution in [1.29, 1.82) is 0 Å². The summed E-state index contributed by atoms with van der Waals surface area (Å²) in [5, 5.41) is 2.94. The summed E-state index contributed by atoms with van der Waals surface area (Å²) in [6, 6.07) is 19.8. The molecule has 1 atom stereocenters. The average molecular weight is 455 g/mol. The van der Waals surface area contributed by atoms with Gasteiger partial charge in [-0.3, -0.25) is 9.10 Å². The fourth-order valence-electron chi connectivity index (χ4n) is 3.25. The number of para-hydroxylation sites is 1. The number of ether oxygens (including phenoxy) is 2. The molecule has 0 aliphatic rings. The first-order chi connectivity index (χ1) is 15.3. The van der Waals surface area contributed by atoms with Gasteiger partial charge in [-0.1, -0.05) is 18.2 Å². The number of nitrogens with one attached hydrogen (secondary N) is 1. The Kier molecular flexibility index (Phi) is 7.05. The minimum atomic E-state index is -3.75. The summed E-state index contributed by atoms with van der Waals surface area (Å²) in [4.78, 5) is 12.8. The molecule has 0 spiro atoms. The maximum absolute atomic E-state index is 12.9. The molecule has 3 aromatic rings. The molecule has 0 fully saturated rings. The van der Waals surface area contributed by atoms with Crippen LogP contribution in [0.4, 0.5) is 5.69 Å². The third kappa shape index (κ3) is 4.86. The lowest BCUT2D eigenvalue weighted by Crippen LogP contribution is -2.28. The molecule has 0 bridgehead atoms. The monoisotopic (exact) mass is 454 g/mol. The number of hydrogen-bond acceptors (Lipinski definition) is 5. The Balaban J connectivity index is 1.74. The van der Waals surface area contributed by atoms with Crippen LogP contribution in [0.1, 0.15) is 28.9 Å². The van der Waals surface area contributed by atoms with Crippen molar-refractivity contribution >= 4 is 21.6 Å². The Morgan fingerprint density at radius 3 is 2.12 bits per heavy atom. The second-order valence-corrected chi connectivity index (χ2v) is 9.10. The predicted molar refractivity (Wildman–Crippen MR) is 124 cm³/mol. The van der Waals surface area contributed by atoms with Gasteiger partial charge in [-0.25, -0.2) is 8.42 Å². The lowest BCUT2D eigenvalue weighted by Gasteiger charge is -2.20. The van der Waals surface area contributed by atoms with Crippen LogP contribution >= 0.6 is 0 Å². The first-order valence-electron chi connectivity index (χ1n) is 9.94.